The lowest BCUT2D eigenvalue weighted by atomic mass is 9.73. The summed E-state index contributed by atoms with van der Waals surface area (Å²) >= 11 is 2.23. The van der Waals surface area contributed by atoms with Crippen LogP contribution in [0, 0.1) is 11.8 Å². The van der Waals surface area contributed by atoms with Gasteiger partial charge in [-0.3, -0.25) is 9.88 Å². The van der Waals surface area contributed by atoms with E-state index in [-0.39, 0.29) is 6.04 Å². The van der Waals surface area contributed by atoms with Crippen molar-refractivity contribution in [2.24, 2.45) is 11.8 Å². The SMILES string of the molecule is C=C[C@H]1CN2CC[C@H]1C[C@H]2[C@@](O)(I)c1ccnc2ccc(OC)cc12. The van der Waals surface area contributed by atoms with Crippen molar-refractivity contribution in [2.75, 3.05) is 20.2 Å². The molecule has 0 spiro atoms. The van der Waals surface area contributed by atoms with Gasteiger partial charge in [0.25, 0.3) is 0 Å². The van der Waals surface area contributed by atoms with Crippen molar-refractivity contribution >= 4 is 33.5 Å². The van der Waals surface area contributed by atoms with Gasteiger partial charge in [-0.05, 0) is 78.1 Å². The van der Waals surface area contributed by atoms with Gasteiger partial charge in [0.1, 0.15) is 5.75 Å². The summed E-state index contributed by atoms with van der Waals surface area (Å²) in [6, 6.07) is 7.89. The van der Waals surface area contributed by atoms with E-state index in [1.165, 1.54) is 6.42 Å². The maximum atomic E-state index is 11.6. The Morgan fingerprint density at radius 2 is 2.28 bits per heavy atom. The molecule has 132 valence electrons. The van der Waals surface area contributed by atoms with Crippen LogP contribution in [-0.4, -0.2) is 41.2 Å². The predicted octanol–water partition coefficient (Wildman–Crippen LogP) is 3.72. The molecule has 0 amide bonds. The normalized spacial score (nSPS) is 30.8. The summed E-state index contributed by atoms with van der Waals surface area (Å²) in [5.74, 6) is 1.95. The van der Waals surface area contributed by atoms with Crippen LogP contribution in [0.1, 0.15) is 18.4 Å². The van der Waals surface area contributed by atoms with Gasteiger partial charge in [-0.1, -0.05) is 6.08 Å². The molecule has 4 nitrogen and oxygen atoms in total. The molecule has 0 aliphatic carbocycles. The van der Waals surface area contributed by atoms with Gasteiger partial charge < -0.3 is 9.84 Å². The van der Waals surface area contributed by atoms with Crippen LogP contribution in [0.2, 0.25) is 0 Å². The zero-order valence-corrected chi connectivity index (χ0v) is 16.5. The minimum absolute atomic E-state index is 0.111. The van der Waals surface area contributed by atoms with Gasteiger partial charge in [0.05, 0.1) is 18.7 Å². The first-order valence-electron chi connectivity index (χ1n) is 8.75. The number of alkyl halides is 1. The van der Waals surface area contributed by atoms with E-state index < -0.39 is 3.61 Å². The molecular weight excluding hydrogens is 427 g/mol. The molecule has 1 aromatic heterocycles. The molecule has 3 fully saturated rings. The van der Waals surface area contributed by atoms with Crippen molar-refractivity contribution < 1.29 is 9.84 Å². The Morgan fingerprint density at radius 1 is 1.44 bits per heavy atom. The number of halogens is 1. The molecule has 5 rings (SSSR count). The maximum absolute atomic E-state index is 11.6. The number of fused-ring (bicyclic) bond motifs is 4. The maximum Gasteiger partial charge on any atom is 0.157 e. The third-order valence-corrected chi connectivity index (χ3v) is 7.18. The lowest BCUT2D eigenvalue weighted by molar-refractivity contribution is -0.0530. The number of nitrogens with zero attached hydrogens (tertiary/aromatic N) is 2. The van der Waals surface area contributed by atoms with Crippen molar-refractivity contribution in [2.45, 2.75) is 22.5 Å². The summed E-state index contributed by atoms with van der Waals surface area (Å²) in [6.45, 7) is 6.04. The quantitative estimate of drug-likeness (QED) is 0.438. The molecule has 0 saturated carbocycles. The Balaban J connectivity index is 1.76. The second-order valence-corrected chi connectivity index (χ2v) is 8.75. The molecule has 3 saturated heterocycles. The zero-order chi connectivity index (χ0) is 17.6. The Kier molecular flexibility index (Phi) is 4.50. The summed E-state index contributed by atoms with van der Waals surface area (Å²) in [5.41, 5.74) is 1.80. The largest absolute Gasteiger partial charge is 0.497 e. The van der Waals surface area contributed by atoms with Crippen LogP contribution < -0.4 is 4.74 Å². The standard InChI is InChI=1S/C20H23IN2O2/c1-3-13-12-23-9-7-14(13)10-19(23)20(21,24)17-6-8-22-18-5-4-15(25-2)11-16(17)18/h3-6,8,11,13-14,19,24H,1,7,9-10,12H2,2H3/t13-,14-,19-,20+/m0/s1. The number of hydrogen-bond donors (Lipinski definition) is 1. The zero-order valence-electron chi connectivity index (χ0n) is 14.4. The van der Waals surface area contributed by atoms with E-state index in [0.29, 0.717) is 11.8 Å². The summed E-state index contributed by atoms with van der Waals surface area (Å²) in [7, 11) is 1.66. The number of benzene rings is 1. The molecule has 2 aromatic rings. The number of piperidine rings is 3. The topological polar surface area (TPSA) is 45.6 Å². The number of aromatic nitrogens is 1. The molecule has 1 aromatic carbocycles. The molecule has 1 unspecified atom stereocenters. The highest BCUT2D eigenvalue weighted by Crippen LogP contribution is 2.47. The van der Waals surface area contributed by atoms with Crippen LogP contribution in [0.3, 0.4) is 0 Å². The van der Waals surface area contributed by atoms with Crippen molar-refractivity contribution in [3.63, 3.8) is 0 Å². The Bertz CT molecular complexity index is 807. The van der Waals surface area contributed by atoms with Crippen LogP contribution in [-0.2, 0) is 3.61 Å². The van der Waals surface area contributed by atoms with E-state index in [1.807, 2.05) is 24.3 Å². The van der Waals surface area contributed by atoms with Crippen LogP contribution >= 0.6 is 22.6 Å². The molecule has 4 heterocycles. The monoisotopic (exact) mass is 450 g/mol. The second kappa shape index (κ2) is 6.52. The van der Waals surface area contributed by atoms with Gasteiger partial charge in [0, 0.05) is 23.7 Å². The van der Waals surface area contributed by atoms with E-state index in [0.717, 1.165) is 41.7 Å². The van der Waals surface area contributed by atoms with E-state index in [1.54, 1.807) is 13.3 Å². The Labute approximate surface area is 162 Å². The first-order chi connectivity index (χ1) is 12.0. The van der Waals surface area contributed by atoms with E-state index in [2.05, 4.69) is 45.1 Å². The highest BCUT2D eigenvalue weighted by molar-refractivity contribution is 14.1. The molecule has 3 aliphatic rings. The van der Waals surface area contributed by atoms with Gasteiger partial charge in [0.2, 0.25) is 0 Å². The lowest BCUT2D eigenvalue weighted by Gasteiger charge is -2.53. The molecular formula is C20H23IN2O2. The number of rotatable bonds is 4. The number of ether oxygens (including phenoxy) is 1. The Hall–Kier alpha value is -1.18. The van der Waals surface area contributed by atoms with Crippen molar-refractivity contribution in [3.05, 3.63) is 48.7 Å². The van der Waals surface area contributed by atoms with Crippen LogP contribution in [0.5, 0.6) is 5.75 Å². The van der Waals surface area contributed by atoms with Crippen LogP contribution in [0.4, 0.5) is 0 Å². The van der Waals surface area contributed by atoms with Gasteiger partial charge in [-0.15, -0.1) is 6.58 Å². The smallest absolute Gasteiger partial charge is 0.157 e. The molecule has 1 N–H and O–H groups in total. The van der Waals surface area contributed by atoms with E-state index in [9.17, 15) is 5.11 Å². The fourth-order valence-electron chi connectivity index (χ4n) is 4.47. The van der Waals surface area contributed by atoms with Crippen molar-refractivity contribution in [1.29, 1.82) is 0 Å². The van der Waals surface area contributed by atoms with Crippen LogP contribution in [0.25, 0.3) is 10.9 Å². The number of aliphatic hydroxyl groups is 1. The highest BCUT2D eigenvalue weighted by Gasteiger charge is 2.48. The minimum Gasteiger partial charge on any atom is -0.497 e. The Morgan fingerprint density at radius 3 is 2.96 bits per heavy atom. The number of methoxy groups -OCH3 is 1. The van der Waals surface area contributed by atoms with Gasteiger partial charge in [-0.25, -0.2) is 0 Å². The molecule has 25 heavy (non-hydrogen) atoms. The molecule has 5 heteroatoms. The number of pyridine rings is 1. The van der Waals surface area contributed by atoms with Crippen LogP contribution in [0.15, 0.2) is 43.1 Å². The van der Waals surface area contributed by atoms with Gasteiger partial charge >= 0.3 is 0 Å². The molecule has 0 radical (unpaired) electrons. The van der Waals surface area contributed by atoms with E-state index in [4.69, 9.17) is 4.74 Å². The number of hydrogen-bond acceptors (Lipinski definition) is 4. The second-order valence-electron chi connectivity index (χ2n) is 7.11. The first-order valence-corrected chi connectivity index (χ1v) is 9.83. The third-order valence-electron chi connectivity index (χ3n) is 5.88. The summed E-state index contributed by atoms with van der Waals surface area (Å²) in [4.78, 5) is 6.89. The van der Waals surface area contributed by atoms with Gasteiger partial charge in [0.15, 0.2) is 3.61 Å². The third kappa shape index (κ3) is 2.86. The van der Waals surface area contributed by atoms with E-state index >= 15 is 0 Å². The molecule has 5 atom stereocenters. The fraction of sp³-hybridized carbons (Fsp3) is 0.450. The molecule has 3 aliphatic heterocycles. The highest BCUT2D eigenvalue weighted by atomic mass is 127. The lowest BCUT2D eigenvalue weighted by Crippen LogP contribution is -2.59. The minimum atomic E-state index is -0.962. The summed E-state index contributed by atoms with van der Waals surface area (Å²) in [6.07, 6.45) is 6.08. The first kappa shape index (κ1) is 17.2. The summed E-state index contributed by atoms with van der Waals surface area (Å²) < 4.78 is 4.42. The molecule has 2 bridgehead atoms. The summed E-state index contributed by atoms with van der Waals surface area (Å²) in [5, 5.41) is 12.6. The average Bonchev–Trinajstić information content (AvgIpc) is 2.67. The van der Waals surface area contributed by atoms with Crippen molar-refractivity contribution in [3.8, 4) is 5.75 Å². The predicted molar refractivity (Wildman–Crippen MR) is 108 cm³/mol. The average molecular weight is 450 g/mol. The fourth-order valence-corrected chi connectivity index (χ4v) is 5.59. The van der Waals surface area contributed by atoms with Crippen molar-refractivity contribution in [1.82, 2.24) is 9.88 Å². The van der Waals surface area contributed by atoms with Gasteiger partial charge in [-0.2, -0.15) is 0 Å².